The number of ether oxygens (including phenoxy) is 1. The summed E-state index contributed by atoms with van der Waals surface area (Å²) in [6.07, 6.45) is 0. The molecule has 4 aromatic rings. The molecule has 0 aliphatic carbocycles. The molecule has 0 spiro atoms. The number of halogens is 1. The zero-order valence-corrected chi connectivity index (χ0v) is 21.9. The molecule has 0 saturated heterocycles. The molecular weight excluding hydrogens is 501 g/mol. The van der Waals surface area contributed by atoms with Crippen LogP contribution in [0.2, 0.25) is 0 Å². The van der Waals surface area contributed by atoms with Gasteiger partial charge in [-0.15, -0.1) is 0 Å². The van der Waals surface area contributed by atoms with E-state index in [1.54, 1.807) is 67.8 Å². The number of carbonyl (C=O) groups is 2. The van der Waals surface area contributed by atoms with Crippen LogP contribution < -0.4 is 20.7 Å². The summed E-state index contributed by atoms with van der Waals surface area (Å²) in [5.74, 6) is -0.320. The lowest BCUT2D eigenvalue weighted by molar-refractivity contribution is 0.0976. The van der Waals surface area contributed by atoms with Gasteiger partial charge in [-0.1, -0.05) is 30.3 Å². The molecule has 0 atom stereocenters. The number of aryl methyl sites for hydroxylation is 1. The van der Waals surface area contributed by atoms with Crippen LogP contribution in [0.4, 0.5) is 15.8 Å². The maximum Gasteiger partial charge on any atom is 0.257 e. The van der Waals surface area contributed by atoms with Crippen molar-refractivity contribution in [2.75, 3.05) is 17.7 Å². The number of amides is 2. The van der Waals surface area contributed by atoms with Gasteiger partial charge in [-0.05, 0) is 103 Å². The molecule has 0 heterocycles. The van der Waals surface area contributed by atoms with Crippen molar-refractivity contribution in [3.63, 3.8) is 0 Å². The van der Waals surface area contributed by atoms with Crippen molar-refractivity contribution < 1.29 is 18.7 Å². The minimum atomic E-state index is -0.363. The van der Waals surface area contributed by atoms with Crippen molar-refractivity contribution in [1.82, 2.24) is 5.32 Å². The number of anilines is 2. The molecule has 38 heavy (non-hydrogen) atoms. The average molecular weight is 528 g/mol. The second kappa shape index (κ2) is 11.7. The van der Waals surface area contributed by atoms with Crippen LogP contribution in [-0.2, 0) is 0 Å². The van der Waals surface area contributed by atoms with E-state index in [1.165, 1.54) is 12.1 Å². The van der Waals surface area contributed by atoms with Crippen molar-refractivity contribution in [2.45, 2.75) is 13.8 Å². The summed E-state index contributed by atoms with van der Waals surface area (Å²) in [5.41, 5.74) is 5.68. The van der Waals surface area contributed by atoms with Gasteiger partial charge in [0, 0.05) is 22.5 Å². The lowest BCUT2D eigenvalue weighted by Crippen LogP contribution is -2.34. The fraction of sp³-hybridized carbons (Fsp3) is 0.100. The molecule has 4 aromatic carbocycles. The van der Waals surface area contributed by atoms with E-state index in [-0.39, 0.29) is 22.7 Å². The molecule has 0 saturated carbocycles. The van der Waals surface area contributed by atoms with Crippen LogP contribution in [0.5, 0.6) is 5.75 Å². The van der Waals surface area contributed by atoms with Crippen LogP contribution in [0.25, 0.3) is 11.1 Å². The molecule has 0 fully saturated rings. The molecular formula is C30H26FN3O3S. The normalized spacial score (nSPS) is 10.4. The van der Waals surface area contributed by atoms with Crippen molar-refractivity contribution in [3.05, 3.63) is 113 Å². The Balaban J connectivity index is 1.37. The summed E-state index contributed by atoms with van der Waals surface area (Å²) in [5, 5.41) is 8.61. The lowest BCUT2D eigenvalue weighted by atomic mass is 10.0. The monoisotopic (exact) mass is 527 g/mol. The van der Waals surface area contributed by atoms with E-state index in [2.05, 4.69) is 16.0 Å². The van der Waals surface area contributed by atoms with Crippen LogP contribution in [0.15, 0.2) is 84.9 Å². The van der Waals surface area contributed by atoms with Gasteiger partial charge in [0.15, 0.2) is 5.11 Å². The zero-order chi connectivity index (χ0) is 27.2. The molecule has 0 aliphatic heterocycles. The van der Waals surface area contributed by atoms with Crippen LogP contribution in [-0.4, -0.2) is 24.0 Å². The van der Waals surface area contributed by atoms with Crippen molar-refractivity contribution in [3.8, 4) is 16.9 Å². The summed E-state index contributed by atoms with van der Waals surface area (Å²) in [4.78, 5) is 25.5. The zero-order valence-electron chi connectivity index (χ0n) is 21.1. The van der Waals surface area contributed by atoms with Crippen LogP contribution in [0.3, 0.4) is 0 Å². The smallest absolute Gasteiger partial charge is 0.257 e. The second-order valence-corrected chi connectivity index (χ2v) is 9.06. The third-order valence-corrected chi connectivity index (χ3v) is 6.24. The Hall–Kier alpha value is -4.56. The molecule has 2 amide bonds. The predicted molar refractivity (Wildman–Crippen MR) is 152 cm³/mol. The van der Waals surface area contributed by atoms with Gasteiger partial charge in [-0.2, -0.15) is 0 Å². The molecule has 0 radical (unpaired) electrons. The van der Waals surface area contributed by atoms with Crippen molar-refractivity contribution in [1.29, 1.82) is 0 Å². The minimum absolute atomic E-state index is 0.118. The summed E-state index contributed by atoms with van der Waals surface area (Å²) in [7, 11) is 1.56. The van der Waals surface area contributed by atoms with Crippen LogP contribution in [0.1, 0.15) is 31.8 Å². The third kappa shape index (κ3) is 6.41. The van der Waals surface area contributed by atoms with E-state index < -0.39 is 0 Å². The lowest BCUT2D eigenvalue weighted by Gasteiger charge is -2.13. The van der Waals surface area contributed by atoms with E-state index in [0.717, 1.165) is 22.3 Å². The first-order valence-corrected chi connectivity index (χ1v) is 12.2. The summed E-state index contributed by atoms with van der Waals surface area (Å²) in [6.45, 7) is 3.84. The molecule has 4 rings (SSSR count). The number of nitrogens with one attached hydrogen (secondary N) is 3. The highest BCUT2D eigenvalue weighted by Crippen LogP contribution is 2.24. The maximum atomic E-state index is 13.2. The highest BCUT2D eigenvalue weighted by molar-refractivity contribution is 7.80. The second-order valence-electron chi connectivity index (χ2n) is 8.65. The standard InChI is InChI=1S/C30H26FN3O3S/c1-18-15-23(16-27(37-3)19(18)2)29(36)34-30(38)33-26-6-4-5-25(17-26)32-28(35)22-9-7-20(8-10-22)21-11-13-24(31)14-12-21/h4-17H,1-3H3,(H,32,35)(H2,33,34,36,38). The van der Waals surface area contributed by atoms with Gasteiger partial charge in [0.1, 0.15) is 11.6 Å². The molecule has 6 nitrogen and oxygen atoms in total. The first-order valence-electron chi connectivity index (χ1n) is 11.8. The van der Waals surface area contributed by atoms with Gasteiger partial charge in [-0.25, -0.2) is 4.39 Å². The third-order valence-electron chi connectivity index (χ3n) is 6.03. The van der Waals surface area contributed by atoms with Gasteiger partial charge < -0.3 is 15.4 Å². The predicted octanol–water partition coefficient (Wildman–Crippen LogP) is 6.50. The first-order chi connectivity index (χ1) is 18.2. The number of hydrogen-bond acceptors (Lipinski definition) is 4. The van der Waals surface area contributed by atoms with E-state index in [4.69, 9.17) is 17.0 Å². The van der Waals surface area contributed by atoms with E-state index in [9.17, 15) is 14.0 Å². The topological polar surface area (TPSA) is 79.5 Å². The number of thiocarbonyl (C=S) groups is 1. The summed E-state index contributed by atoms with van der Waals surface area (Å²) in [6, 6.07) is 23.6. The van der Waals surface area contributed by atoms with Gasteiger partial charge in [0.2, 0.25) is 0 Å². The SMILES string of the molecule is COc1cc(C(=O)NC(=S)Nc2cccc(NC(=O)c3ccc(-c4ccc(F)cc4)cc3)c2)cc(C)c1C. The molecule has 0 aliphatic rings. The Morgan fingerprint density at radius 1 is 0.763 bits per heavy atom. The Labute approximate surface area is 225 Å². The Bertz CT molecular complexity index is 1500. The van der Waals surface area contributed by atoms with Crippen molar-refractivity contribution in [2.24, 2.45) is 0 Å². The molecule has 0 bridgehead atoms. The fourth-order valence-electron chi connectivity index (χ4n) is 3.84. The Kier molecular flexibility index (Phi) is 8.13. The largest absolute Gasteiger partial charge is 0.496 e. The Morgan fingerprint density at radius 2 is 1.37 bits per heavy atom. The van der Waals surface area contributed by atoms with Gasteiger partial charge in [-0.3, -0.25) is 14.9 Å². The minimum Gasteiger partial charge on any atom is -0.496 e. The van der Waals surface area contributed by atoms with E-state index >= 15 is 0 Å². The quantitative estimate of drug-likeness (QED) is 0.250. The van der Waals surface area contributed by atoms with Gasteiger partial charge >= 0.3 is 0 Å². The van der Waals surface area contributed by atoms with Crippen LogP contribution in [0, 0.1) is 19.7 Å². The molecule has 0 unspecified atom stereocenters. The number of methoxy groups -OCH3 is 1. The molecule has 0 aromatic heterocycles. The van der Waals surface area contributed by atoms with E-state index in [0.29, 0.717) is 28.3 Å². The molecule has 8 heteroatoms. The van der Waals surface area contributed by atoms with Crippen LogP contribution >= 0.6 is 12.2 Å². The highest BCUT2D eigenvalue weighted by Gasteiger charge is 2.13. The first kappa shape index (κ1) is 26.5. The number of hydrogen-bond donors (Lipinski definition) is 3. The summed E-state index contributed by atoms with van der Waals surface area (Å²) >= 11 is 5.32. The van der Waals surface area contributed by atoms with E-state index in [1.807, 2.05) is 26.0 Å². The molecule has 192 valence electrons. The highest BCUT2D eigenvalue weighted by atomic mass is 32.1. The Morgan fingerprint density at radius 3 is 2.00 bits per heavy atom. The van der Waals surface area contributed by atoms with Crippen molar-refractivity contribution >= 4 is 40.5 Å². The number of carbonyl (C=O) groups excluding carboxylic acids is 2. The van der Waals surface area contributed by atoms with Gasteiger partial charge in [0.25, 0.3) is 11.8 Å². The van der Waals surface area contributed by atoms with Gasteiger partial charge in [0.05, 0.1) is 7.11 Å². The average Bonchev–Trinajstić information content (AvgIpc) is 2.90. The fourth-order valence-corrected chi connectivity index (χ4v) is 4.05. The summed E-state index contributed by atoms with van der Waals surface area (Å²) < 4.78 is 18.5. The maximum absolute atomic E-state index is 13.2. The molecule has 3 N–H and O–H groups in total. The number of rotatable bonds is 6. The number of benzene rings is 4.